The average molecular weight is 778 g/mol. The van der Waals surface area contributed by atoms with Crippen molar-refractivity contribution in [3.8, 4) is 23.0 Å². The van der Waals surface area contributed by atoms with Crippen LogP contribution >= 0.6 is 12.0 Å². The number of unbranched alkanes of at least 4 members (excludes halogenated alkanes) is 7. The summed E-state index contributed by atoms with van der Waals surface area (Å²) in [6, 6.07) is 19.4. The van der Waals surface area contributed by atoms with Crippen molar-refractivity contribution in [3.63, 3.8) is 0 Å². The number of amides is 2. The normalized spacial score (nSPS) is 20.2. The van der Waals surface area contributed by atoms with Crippen LogP contribution in [0.4, 0.5) is 0 Å². The molecule has 2 fully saturated rings. The number of fused-ring (bicyclic) bond motifs is 2. The van der Waals surface area contributed by atoms with E-state index in [0.29, 0.717) is 30.2 Å². The lowest BCUT2D eigenvalue weighted by molar-refractivity contribution is -0.221. The quantitative estimate of drug-likeness (QED) is 0.0607. The number of benzene rings is 3. The van der Waals surface area contributed by atoms with E-state index in [1.54, 1.807) is 14.2 Å². The Morgan fingerprint density at radius 1 is 0.800 bits per heavy atom. The molecule has 3 aromatic carbocycles. The van der Waals surface area contributed by atoms with Gasteiger partial charge in [0.15, 0.2) is 24.3 Å². The number of aryl methyl sites for hydroxylation is 2. The molecule has 55 heavy (non-hydrogen) atoms. The first kappa shape index (κ1) is 40.6. The molecule has 0 aromatic heterocycles. The maximum atomic E-state index is 13.6. The Balaban J connectivity index is 0.777. The molecular weight excluding hydrogens is 723 g/mol. The average Bonchev–Trinajstić information content (AvgIpc) is 3.97. The molecule has 6 rings (SSSR count). The van der Waals surface area contributed by atoms with Gasteiger partial charge in [-0.1, -0.05) is 62.8 Å². The lowest BCUT2D eigenvalue weighted by Crippen LogP contribution is -2.47. The first-order chi connectivity index (χ1) is 26.9. The summed E-state index contributed by atoms with van der Waals surface area (Å²) in [5.74, 6) is 2.50. The Hall–Kier alpha value is -4.01. The number of nitrogens with zero attached hydrogens (tertiary/aromatic N) is 2. The van der Waals surface area contributed by atoms with Crippen molar-refractivity contribution in [1.29, 1.82) is 0 Å². The van der Waals surface area contributed by atoms with E-state index >= 15 is 0 Å². The second-order valence-electron chi connectivity index (χ2n) is 14.2. The second kappa shape index (κ2) is 20.8. The van der Waals surface area contributed by atoms with Crippen molar-refractivity contribution in [1.82, 2.24) is 15.6 Å². The zero-order valence-electron chi connectivity index (χ0n) is 32.3. The molecule has 0 bridgehead atoms. The van der Waals surface area contributed by atoms with E-state index in [-0.39, 0.29) is 36.8 Å². The number of rotatable bonds is 22. The van der Waals surface area contributed by atoms with Gasteiger partial charge in [-0.05, 0) is 105 Å². The lowest BCUT2D eigenvalue weighted by atomic mass is 10.0. The Bertz CT molecular complexity index is 1710. The van der Waals surface area contributed by atoms with Gasteiger partial charge >= 0.3 is 0 Å². The third-order valence-corrected chi connectivity index (χ3v) is 10.9. The molecule has 0 aliphatic carbocycles. The van der Waals surface area contributed by atoms with Crippen LogP contribution in [0.3, 0.4) is 0 Å². The van der Waals surface area contributed by atoms with Crippen LogP contribution in [0.1, 0.15) is 99.0 Å². The van der Waals surface area contributed by atoms with Crippen LogP contribution in [-0.2, 0) is 31.6 Å². The van der Waals surface area contributed by atoms with Crippen LogP contribution in [0.15, 0.2) is 65.6 Å². The summed E-state index contributed by atoms with van der Waals surface area (Å²) in [6.45, 7) is 3.16. The fraction of sp³-hybridized carbons (Fsp3) is 0.524. The van der Waals surface area contributed by atoms with Gasteiger partial charge in [0.25, 0.3) is 11.8 Å². The highest BCUT2D eigenvalue weighted by Crippen LogP contribution is 2.41. The minimum absolute atomic E-state index is 0.0123. The molecule has 0 radical (unpaired) electrons. The fourth-order valence-corrected chi connectivity index (χ4v) is 7.74. The zero-order valence-corrected chi connectivity index (χ0v) is 33.1. The monoisotopic (exact) mass is 777 g/mol. The van der Waals surface area contributed by atoms with Crippen LogP contribution in [0.5, 0.6) is 23.0 Å². The maximum absolute atomic E-state index is 13.6. The number of carbonyl (C=O) groups excluding carboxylic acids is 2. The van der Waals surface area contributed by atoms with Crippen molar-refractivity contribution < 1.29 is 42.5 Å². The number of nitrogens with one attached hydrogen (secondary N) is 1. The van der Waals surface area contributed by atoms with Gasteiger partial charge < -0.3 is 24.3 Å². The SMILES string of the molecule is COc1ccc(CCCc2cccc(OCC(=O)NCCCCCCCCCCOc3cccc4c3C(=O)N(C3CCC5ON5OC3C)OS4)c2)cc1OC. The summed E-state index contributed by atoms with van der Waals surface area (Å²) in [5.41, 5.74) is 2.94. The Morgan fingerprint density at radius 2 is 1.55 bits per heavy atom. The van der Waals surface area contributed by atoms with E-state index in [9.17, 15) is 9.59 Å². The highest BCUT2D eigenvalue weighted by Gasteiger charge is 2.47. The number of hydroxylamine groups is 4. The van der Waals surface area contributed by atoms with E-state index in [1.165, 1.54) is 46.3 Å². The molecular formula is C42H55N3O9S. The van der Waals surface area contributed by atoms with Gasteiger partial charge in [0.2, 0.25) is 0 Å². The molecule has 0 spiro atoms. The fourth-order valence-electron chi connectivity index (χ4n) is 7.00. The highest BCUT2D eigenvalue weighted by atomic mass is 32.2. The summed E-state index contributed by atoms with van der Waals surface area (Å²) in [4.78, 5) is 37.9. The molecule has 0 saturated carbocycles. The summed E-state index contributed by atoms with van der Waals surface area (Å²) >= 11 is 1.19. The molecule has 298 valence electrons. The standard InChI is InChI=1S/C42H55N3O9S/c1-30-34(22-24-40-45(52-30)53-40)44-42(47)41-36(19-14-20-38(41)55-54-44)50-26-11-9-7-5-4-6-8-10-25-43-39(46)29-51-33-18-13-17-31(27-33)15-12-16-32-21-23-35(48-2)37(28-32)49-3/h13-14,17-21,23,27-28,30,34,40H,4-12,15-16,22,24-26,29H2,1-3H3,(H,43,46). The highest BCUT2D eigenvalue weighted by molar-refractivity contribution is 7.94. The molecule has 3 aliphatic heterocycles. The van der Waals surface area contributed by atoms with E-state index in [1.807, 2.05) is 55.5 Å². The van der Waals surface area contributed by atoms with Crippen molar-refractivity contribution in [3.05, 3.63) is 77.4 Å². The first-order valence-electron chi connectivity index (χ1n) is 19.7. The van der Waals surface area contributed by atoms with Gasteiger partial charge in [-0.25, -0.2) is 4.84 Å². The van der Waals surface area contributed by atoms with Crippen LogP contribution < -0.4 is 24.3 Å². The minimum atomic E-state index is -0.257. The molecule has 3 aromatic rings. The number of methoxy groups -OCH3 is 2. The summed E-state index contributed by atoms with van der Waals surface area (Å²) in [5, 5.41) is 5.94. The molecule has 12 nitrogen and oxygen atoms in total. The Kier molecular flexibility index (Phi) is 15.4. The Morgan fingerprint density at radius 3 is 2.35 bits per heavy atom. The maximum Gasteiger partial charge on any atom is 0.283 e. The summed E-state index contributed by atoms with van der Waals surface area (Å²) in [6.07, 6.45) is 12.7. The summed E-state index contributed by atoms with van der Waals surface area (Å²) < 4.78 is 28.5. The smallest absolute Gasteiger partial charge is 0.283 e. The summed E-state index contributed by atoms with van der Waals surface area (Å²) in [7, 11) is 3.29. The van der Waals surface area contributed by atoms with Crippen molar-refractivity contribution in [2.45, 2.75) is 114 Å². The third-order valence-electron chi connectivity index (χ3n) is 10.1. The number of carbonyl (C=O) groups is 2. The topological polar surface area (TPSA) is 120 Å². The van der Waals surface area contributed by atoms with Crippen LogP contribution in [-0.4, -0.2) is 74.5 Å². The molecule has 13 heteroatoms. The van der Waals surface area contributed by atoms with Gasteiger partial charge in [-0.2, -0.15) is 9.35 Å². The number of ether oxygens (including phenoxy) is 4. The molecule has 3 aliphatic rings. The van der Waals surface area contributed by atoms with E-state index < -0.39 is 0 Å². The lowest BCUT2D eigenvalue weighted by Gasteiger charge is -2.35. The van der Waals surface area contributed by atoms with Gasteiger partial charge in [0.1, 0.15) is 17.6 Å². The van der Waals surface area contributed by atoms with E-state index in [0.717, 1.165) is 87.0 Å². The van der Waals surface area contributed by atoms with Gasteiger partial charge in [-0.15, -0.1) is 0 Å². The van der Waals surface area contributed by atoms with Gasteiger partial charge in [0, 0.05) is 6.54 Å². The van der Waals surface area contributed by atoms with Crippen molar-refractivity contribution >= 4 is 23.9 Å². The number of hydrogen-bond acceptors (Lipinski definition) is 11. The van der Waals surface area contributed by atoms with Gasteiger partial charge in [-0.3, -0.25) is 14.4 Å². The molecule has 2 saturated heterocycles. The predicted octanol–water partition coefficient (Wildman–Crippen LogP) is 8.02. The predicted molar refractivity (Wildman–Crippen MR) is 209 cm³/mol. The molecule has 3 heterocycles. The molecule has 4 unspecified atom stereocenters. The van der Waals surface area contributed by atoms with E-state index in [2.05, 4.69) is 17.4 Å². The minimum Gasteiger partial charge on any atom is -0.493 e. The van der Waals surface area contributed by atoms with Crippen molar-refractivity contribution in [2.75, 3.05) is 34.0 Å². The van der Waals surface area contributed by atoms with E-state index in [4.69, 9.17) is 32.9 Å². The van der Waals surface area contributed by atoms with Crippen molar-refractivity contribution in [2.24, 2.45) is 0 Å². The molecule has 1 N–H and O–H groups in total. The second-order valence-corrected chi connectivity index (χ2v) is 15.0. The van der Waals surface area contributed by atoms with Crippen LogP contribution in [0.2, 0.25) is 0 Å². The van der Waals surface area contributed by atoms with Crippen LogP contribution in [0, 0.1) is 0 Å². The zero-order chi connectivity index (χ0) is 38.4. The third kappa shape index (κ3) is 11.7. The number of hydrogen-bond donors (Lipinski definition) is 1. The first-order valence-corrected chi connectivity index (χ1v) is 20.4. The van der Waals surface area contributed by atoms with Crippen LogP contribution in [0.25, 0.3) is 0 Å². The largest absolute Gasteiger partial charge is 0.493 e. The molecule has 2 amide bonds. The van der Waals surface area contributed by atoms with Gasteiger partial charge in [0.05, 0.1) is 49.4 Å². The Labute approximate surface area is 329 Å². The molecule has 4 atom stereocenters.